The number of carbonyl (C=O) groups is 1. The van der Waals surface area contributed by atoms with Gasteiger partial charge in [-0.2, -0.15) is 0 Å². The van der Waals surface area contributed by atoms with E-state index in [9.17, 15) is 18.0 Å². The fraction of sp³-hybridized carbons (Fsp3) is 0.158. The van der Waals surface area contributed by atoms with E-state index in [1.165, 1.54) is 36.8 Å². The average molecular weight is 388 g/mol. The molecule has 0 fully saturated rings. The van der Waals surface area contributed by atoms with Crippen LogP contribution in [0.3, 0.4) is 0 Å². The molecule has 1 amide bonds. The molecule has 3 rings (SSSR count). The molecule has 0 aliphatic heterocycles. The summed E-state index contributed by atoms with van der Waals surface area (Å²) in [5.74, 6) is -0.741. The first kappa shape index (κ1) is 19.3. The zero-order valence-electron chi connectivity index (χ0n) is 14.6. The lowest BCUT2D eigenvalue weighted by Gasteiger charge is -2.14. The van der Waals surface area contributed by atoms with Crippen molar-refractivity contribution in [3.05, 3.63) is 72.4 Å². The van der Waals surface area contributed by atoms with Crippen LogP contribution in [0, 0.1) is 0 Å². The normalized spacial score (nSPS) is 12.3. The Morgan fingerprint density at radius 1 is 1.14 bits per heavy atom. The van der Waals surface area contributed by atoms with Gasteiger partial charge in [-0.3, -0.25) is 14.8 Å². The first-order chi connectivity index (χ1) is 13.3. The molecule has 0 spiro atoms. The largest absolute Gasteiger partial charge is 0.573 e. The molecule has 0 saturated carbocycles. The highest BCUT2D eigenvalue weighted by molar-refractivity contribution is 5.92. The number of rotatable bonds is 5. The Bertz CT molecular complexity index is 965. The summed E-state index contributed by atoms with van der Waals surface area (Å²) in [6, 6.07) is 10.2. The molecule has 1 aromatic carbocycles. The number of hydrogen-bond donors (Lipinski definition) is 1. The van der Waals surface area contributed by atoms with Gasteiger partial charge in [-0.1, -0.05) is 18.2 Å². The summed E-state index contributed by atoms with van der Waals surface area (Å²) in [6.45, 7) is 1.74. The van der Waals surface area contributed by atoms with Crippen molar-refractivity contribution < 1.29 is 22.7 Å². The molecule has 3 aromatic rings. The highest BCUT2D eigenvalue weighted by Crippen LogP contribution is 2.27. The van der Waals surface area contributed by atoms with E-state index in [0.29, 0.717) is 17.0 Å². The van der Waals surface area contributed by atoms with Crippen molar-refractivity contribution in [2.75, 3.05) is 0 Å². The summed E-state index contributed by atoms with van der Waals surface area (Å²) in [7, 11) is 0. The molecule has 2 aromatic heterocycles. The van der Waals surface area contributed by atoms with E-state index in [2.05, 4.69) is 25.0 Å². The van der Waals surface area contributed by atoms with Crippen LogP contribution in [0.2, 0.25) is 0 Å². The van der Waals surface area contributed by atoms with Crippen LogP contribution in [0.25, 0.3) is 11.3 Å². The number of amides is 1. The Hall–Kier alpha value is -3.49. The number of benzene rings is 1. The van der Waals surface area contributed by atoms with Gasteiger partial charge in [-0.25, -0.2) is 4.98 Å². The van der Waals surface area contributed by atoms with Crippen LogP contribution in [0.1, 0.15) is 29.1 Å². The van der Waals surface area contributed by atoms with Gasteiger partial charge in [-0.15, -0.1) is 13.2 Å². The zero-order valence-corrected chi connectivity index (χ0v) is 14.6. The van der Waals surface area contributed by atoms with Gasteiger partial charge in [0.15, 0.2) is 0 Å². The second-order valence-corrected chi connectivity index (χ2v) is 5.81. The zero-order chi connectivity index (χ0) is 20.1. The average Bonchev–Trinajstić information content (AvgIpc) is 2.67. The number of carbonyl (C=O) groups excluding carboxylic acids is 1. The molecular weight excluding hydrogens is 373 g/mol. The maximum atomic E-state index is 12.4. The van der Waals surface area contributed by atoms with Crippen LogP contribution < -0.4 is 10.1 Å². The summed E-state index contributed by atoms with van der Waals surface area (Å²) in [5.41, 5.74) is 1.61. The van der Waals surface area contributed by atoms with Gasteiger partial charge in [0.05, 0.1) is 23.6 Å². The lowest BCUT2D eigenvalue weighted by molar-refractivity contribution is -0.274. The number of aromatic nitrogens is 3. The van der Waals surface area contributed by atoms with Gasteiger partial charge in [0, 0.05) is 18.0 Å². The molecule has 0 bridgehead atoms. The third-order valence-electron chi connectivity index (χ3n) is 3.72. The van der Waals surface area contributed by atoms with Crippen molar-refractivity contribution in [2.45, 2.75) is 19.3 Å². The molecule has 28 heavy (non-hydrogen) atoms. The molecule has 1 atom stereocenters. The molecule has 144 valence electrons. The van der Waals surface area contributed by atoms with Crippen LogP contribution in [0.5, 0.6) is 5.75 Å². The Balaban J connectivity index is 1.79. The van der Waals surface area contributed by atoms with E-state index < -0.39 is 18.3 Å². The van der Waals surface area contributed by atoms with Crippen LogP contribution in [0.15, 0.2) is 61.1 Å². The lowest BCUT2D eigenvalue weighted by Crippen LogP contribution is -2.28. The fourth-order valence-electron chi connectivity index (χ4n) is 2.47. The smallest absolute Gasteiger partial charge is 0.406 e. The minimum absolute atomic E-state index is 0.169. The van der Waals surface area contributed by atoms with E-state index in [1.807, 2.05) is 0 Å². The molecule has 0 saturated heterocycles. The fourth-order valence-corrected chi connectivity index (χ4v) is 2.47. The molecule has 6 nitrogen and oxygen atoms in total. The van der Waals surface area contributed by atoms with E-state index in [4.69, 9.17) is 0 Å². The predicted molar refractivity (Wildman–Crippen MR) is 94.3 cm³/mol. The summed E-state index contributed by atoms with van der Waals surface area (Å²) in [5, 5.41) is 2.76. The SMILES string of the molecule is CC(NC(=O)c1cnccn1)c1cccc(-c2cccc(OC(F)(F)F)c2)n1. The van der Waals surface area contributed by atoms with Crippen molar-refractivity contribution in [2.24, 2.45) is 0 Å². The number of nitrogens with zero attached hydrogens (tertiary/aromatic N) is 3. The molecule has 9 heteroatoms. The van der Waals surface area contributed by atoms with Gasteiger partial charge >= 0.3 is 6.36 Å². The summed E-state index contributed by atoms with van der Waals surface area (Å²) in [4.78, 5) is 24.4. The van der Waals surface area contributed by atoms with Crippen LogP contribution in [0.4, 0.5) is 13.2 Å². The second-order valence-electron chi connectivity index (χ2n) is 5.81. The molecule has 0 radical (unpaired) electrons. The number of hydrogen-bond acceptors (Lipinski definition) is 5. The molecular formula is C19H15F3N4O2. The monoisotopic (exact) mass is 388 g/mol. The van der Waals surface area contributed by atoms with Gasteiger partial charge in [0.2, 0.25) is 0 Å². The molecule has 1 unspecified atom stereocenters. The molecule has 0 aliphatic carbocycles. The maximum Gasteiger partial charge on any atom is 0.573 e. The van der Waals surface area contributed by atoms with Crippen LogP contribution in [-0.2, 0) is 0 Å². The third kappa shape index (κ3) is 5.03. The Morgan fingerprint density at radius 3 is 2.64 bits per heavy atom. The topological polar surface area (TPSA) is 77.0 Å². The number of ether oxygens (including phenoxy) is 1. The first-order valence-electron chi connectivity index (χ1n) is 8.22. The van der Waals surface area contributed by atoms with Crippen molar-refractivity contribution in [3.63, 3.8) is 0 Å². The number of alkyl halides is 3. The number of halogens is 3. The van der Waals surface area contributed by atoms with Gasteiger partial charge in [0.1, 0.15) is 11.4 Å². The quantitative estimate of drug-likeness (QED) is 0.717. The van der Waals surface area contributed by atoms with Gasteiger partial charge in [0.25, 0.3) is 5.91 Å². The number of nitrogens with one attached hydrogen (secondary N) is 1. The summed E-state index contributed by atoms with van der Waals surface area (Å²) < 4.78 is 41.2. The van der Waals surface area contributed by atoms with Gasteiger partial charge in [-0.05, 0) is 31.2 Å². The van der Waals surface area contributed by atoms with Crippen molar-refractivity contribution >= 4 is 5.91 Å². The van der Waals surface area contributed by atoms with Gasteiger partial charge < -0.3 is 10.1 Å². The third-order valence-corrected chi connectivity index (χ3v) is 3.72. The number of pyridine rings is 1. The second kappa shape index (κ2) is 8.03. The molecule has 1 N–H and O–H groups in total. The maximum absolute atomic E-state index is 12.4. The van der Waals surface area contributed by atoms with E-state index in [1.54, 1.807) is 31.2 Å². The molecule has 0 aliphatic rings. The Kier molecular flexibility index (Phi) is 5.53. The van der Waals surface area contributed by atoms with E-state index in [-0.39, 0.29) is 11.4 Å². The van der Waals surface area contributed by atoms with Crippen LogP contribution in [-0.4, -0.2) is 27.2 Å². The highest BCUT2D eigenvalue weighted by Gasteiger charge is 2.31. The molecule has 2 heterocycles. The standard InChI is InChI=1S/C19H15F3N4O2/c1-12(25-18(27)17-11-23-8-9-24-17)15-6-3-7-16(26-15)13-4-2-5-14(10-13)28-19(20,21)22/h2-12H,1H3,(H,25,27). The summed E-state index contributed by atoms with van der Waals surface area (Å²) >= 11 is 0. The van der Waals surface area contributed by atoms with E-state index in [0.717, 1.165) is 0 Å². The first-order valence-corrected chi connectivity index (χ1v) is 8.22. The Labute approximate surface area is 158 Å². The highest BCUT2D eigenvalue weighted by atomic mass is 19.4. The minimum Gasteiger partial charge on any atom is -0.406 e. The van der Waals surface area contributed by atoms with Crippen molar-refractivity contribution in [1.82, 2.24) is 20.3 Å². The van der Waals surface area contributed by atoms with Crippen molar-refractivity contribution in [3.8, 4) is 17.0 Å². The summed E-state index contributed by atoms with van der Waals surface area (Å²) in [6.07, 6.45) is -0.554. The Morgan fingerprint density at radius 2 is 1.93 bits per heavy atom. The minimum atomic E-state index is -4.77. The van der Waals surface area contributed by atoms with Crippen LogP contribution >= 0.6 is 0 Å². The lowest BCUT2D eigenvalue weighted by atomic mass is 10.1. The van der Waals surface area contributed by atoms with E-state index >= 15 is 0 Å². The van der Waals surface area contributed by atoms with Crippen molar-refractivity contribution in [1.29, 1.82) is 0 Å². The predicted octanol–water partition coefficient (Wildman–Crippen LogP) is 3.93.